The first kappa shape index (κ1) is 25.5. The van der Waals surface area contributed by atoms with Crippen LogP contribution in [-0.4, -0.2) is 27.7 Å². The molecule has 1 amide bonds. The van der Waals surface area contributed by atoms with Gasteiger partial charge in [0.1, 0.15) is 23.2 Å². The van der Waals surface area contributed by atoms with Crippen molar-refractivity contribution in [2.24, 2.45) is 21.1 Å². The molecule has 14 heteroatoms. The number of aliphatic imine (C=N–C) groups is 1. The first-order chi connectivity index (χ1) is 18.9. The van der Waals surface area contributed by atoms with Gasteiger partial charge in [0.2, 0.25) is 5.96 Å². The second-order valence-electron chi connectivity index (χ2n) is 8.27. The predicted molar refractivity (Wildman–Crippen MR) is 144 cm³/mol. The number of guanidine groups is 1. The van der Waals surface area contributed by atoms with Crippen LogP contribution in [0.4, 0.5) is 16.2 Å². The number of rotatable bonds is 5. The van der Waals surface area contributed by atoms with Crippen LogP contribution in [0.15, 0.2) is 91.7 Å². The van der Waals surface area contributed by atoms with E-state index >= 15 is 0 Å². The van der Waals surface area contributed by atoms with Crippen LogP contribution in [0, 0.1) is 11.3 Å². The summed E-state index contributed by atoms with van der Waals surface area (Å²) < 4.78 is 19.2. The molecule has 0 spiro atoms. The lowest BCUT2D eigenvalue weighted by Gasteiger charge is -2.26. The summed E-state index contributed by atoms with van der Waals surface area (Å²) in [4.78, 5) is 26.7. The molecular formula is C25H20ClFN10O2. The Labute approximate surface area is 225 Å². The van der Waals surface area contributed by atoms with Crippen molar-refractivity contribution in [3.8, 4) is 0 Å². The average Bonchev–Trinajstić information content (AvgIpc) is 3.30. The van der Waals surface area contributed by atoms with Crippen molar-refractivity contribution in [2.45, 2.75) is 13.0 Å². The van der Waals surface area contributed by atoms with Gasteiger partial charge in [0, 0.05) is 34.1 Å². The van der Waals surface area contributed by atoms with Gasteiger partial charge in [-0.1, -0.05) is 29.8 Å². The number of allylic oxidation sites excluding steroid dienone is 1. The van der Waals surface area contributed by atoms with Crippen molar-refractivity contribution in [2.75, 3.05) is 10.6 Å². The molecule has 3 heterocycles. The highest BCUT2D eigenvalue weighted by Crippen LogP contribution is 2.35. The van der Waals surface area contributed by atoms with Crippen molar-refractivity contribution < 1.29 is 13.6 Å². The van der Waals surface area contributed by atoms with E-state index in [1.54, 1.807) is 37.3 Å². The molecular weight excluding hydrogens is 527 g/mol. The van der Waals surface area contributed by atoms with Crippen LogP contribution in [0.2, 0.25) is 5.02 Å². The number of anilines is 2. The third kappa shape index (κ3) is 5.29. The normalized spacial score (nSPS) is 15.5. The van der Waals surface area contributed by atoms with Gasteiger partial charge in [-0.2, -0.15) is 10.1 Å². The van der Waals surface area contributed by atoms with Gasteiger partial charge in [0.25, 0.3) is 5.91 Å². The molecule has 1 aliphatic rings. The van der Waals surface area contributed by atoms with Crippen LogP contribution >= 0.6 is 11.6 Å². The number of aromatic nitrogens is 2. The number of fused-ring (bicyclic) bond motifs is 1. The van der Waals surface area contributed by atoms with Crippen molar-refractivity contribution in [3.05, 3.63) is 94.0 Å². The first-order valence-corrected chi connectivity index (χ1v) is 11.8. The van der Waals surface area contributed by atoms with Gasteiger partial charge in [-0.15, -0.1) is 5.11 Å². The topological polar surface area (TPSA) is 179 Å². The molecule has 4 aromatic rings. The lowest BCUT2D eigenvalue weighted by atomic mass is 9.95. The molecule has 0 fully saturated rings. The van der Waals surface area contributed by atoms with Crippen LogP contribution in [0.25, 0.3) is 11.1 Å². The van der Waals surface area contributed by atoms with E-state index < -0.39 is 17.8 Å². The number of benzene rings is 2. The van der Waals surface area contributed by atoms with Gasteiger partial charge >= 0.3 is 6.01 Å². The number of halogens is 2. The third-order valence-electron chi connectivity index (χ3n) is 5.75. The maximum Gasteiger partial charge on any atom is 0.302 e. The van der Waals surface area contributed by atoms with E-state index in [2.05, 4.69) is 41.1 Å². The zero-order chi connectivity index (χ0) is 27.5. The van der Waals surface area contributed by atoms with E-state index in [9.17, 15) is 9.18 Å². The minimum Gasteiger partial charge on any atom is -0.423 e. The molecule has 196 valence electrons. The van der Waals surface area contributed by atoms with E-state index in [-0.39, 0.29) is 34.8 Å². The zero-order valence-electron chi connectivity index (χ0n) is 20.2. The standard InChI is InChI=1S/C25H20ClFN10O2/c1-12-20(23(38)33-19-10-13(8-9-30-19)22(36-28)37-29)21(15-4-2-3-5-16(15)26)34-24(31-12)35-25-32-17-7-6-14(27)11-18(17)39-25/h2-11,21,28H,29H2,1H3,(H,30,33,38)(H2,31,32,34,35)/b36-28?,37-22-. The molecule has 12 nitrogen and oxygen atoms in total. The number of amides is 1. The highest BCUT2D eigenvalue weighted by molar-refractivity contribution is 6.31. The molecule has 1 unspecified atom stereocenters. The lowest BCUT2D eigenvalue weighted by Crippen LogP contribution is -2.37. The molecule has 0 saturated heterocycles. The summed E-state index contributed by atoms with van der Waals surface area (Å²) in [6.07, 6.45) is 1.43. The lowest BCUT2D eigenvalue weighted by molar-refractivity contribution is -0.113. The number of nitrogens with one attached hydrogen (secondary N) is 4. The van der Waals surface area contributed by atoms with E-state index in [0.717, 1.165) is 0 Å². The smallest absolute Gasteiger partial charge is 0.302 e. The molecule has 0 aliphatic carbocycles. The summed E-state index contributed by atoms with van der Waals surface area (Å²) in [6.45, 7) is 1.71. The Morgan fingerprint density at radius 2 is 2.05 bits per heavy atom. The molecule has 1 aliphatic heterocycles. The Bertz CT molecular complexity index is 1700. The zero-order valence-corrected chi connectivity index (χ0v) is 21.0. The fraction of sp³-hybridized carbons (Fsp3) is 0.0800. The van der Waals surface area contributed by atoms with E-state index in [4.69, 9.17) is 27.4 Å². The molecule has 0 saturated carbocycles. The molecule has 0 radical (unpaired) electrons. The van der Waals surface area contributed by atoms with Crippen molar-refractivity contribution in [1.82, 2.24) is 15.3 Å². The summed E-state index contributed by atoms with van der Waals surface area (Å²) in [5, 5.41) is 15.9. The Morgan fingerprint density at radius 3 is 2.82 bits per heavy atom. The van der Waals surface area contributed by atoms with Gasteiger partial charge in [-0.25, -0.2) is 19.9 Å². The Morgan fingerprint density at radius 1 is 1.23 bits per heavy atom. The maximum atomic E-state index is 13.6. The minimum absolute atomic E-state index is 0.0289. The quantitative estimate of drug-likeness (QED) is 0.0791. The van der Waals surface area contributed by atoms with Gasteiger partial charge < -0.3 is 20.9 Å². The van der Waals surface area contributed by atoms with Crippen molar-refractivity contribution in [1.29, 1.82) is 5.53 Å². The average molecular weight is 547 g/mol. The Hall–Kier alpha value is -5.17. The summed E-state index contributed by atoms with van der Waals surface area (Å²) >= 11 is 6.50. The van der Waals surface area contributed by atoms with Crippen LogP contribution < -0.4 is 21.8 Å². The highest BCUT2D eigenvalue weighted by atomic mass is 35.5. The third-order valence-corrected chi connectivity index (χ3v) is 6.09. The summed E-state index contributed by atoms with van der Waals surface area (Å²) in [7, 11) is 0. The minimum atomic E-state index is -0.822. The molecule has 1 atom stereocenters. The molecule has 5 rings (SSSR count). The van der Waals surface area contributed by atoms with Crippen LogP contribution in [-0.2, 0) is 4.79 Å². The highest BCUT2D eigenvalue weighted by Gasteiger charge is 2.31. The second-order valence-corrected chi connectivity index (χ2v) is 8.68. The SMILES string of the molecule is CC1=C(C(=O)Nc2cc(/C(N=N)=N/N)ccn2)C(c2ccccc2Cl)N=C(Nc2nc3ccc(F)cc3o2)N1. The number of oxazole rings is 1. The number of nitrogens with zero attached hydrogens (tertiary/aromatic N) is 5. The van der Waals surface area contributed by atoms with E-state index in [1.807, 2.05) is 0 Å². The van der Waals surface area contributed by atoms with Crippen LogP contribution in [0.5, 0.6) is 0 Å². The molecule has 2 aromatic heterocycles. The van der Waals surface area contributed by atoms with Gasteiger partial charge in [0.05, 0.1) is 5.57 Å². The Balaban J connectivity index is 1.47. The number of amidine groups is 1. The summed E-state index contributed by atoms with van der Waals surface area (Å²) in [6, 6.07) is 13.3. The number of pyridine rings is 1. The number of hydrazone groups is 1. The van der Waals surface area contributed by atoms with Crippen LogP contribution in [0.3, 0.4) is 0 Å². The second kappa shape index (κ2) is 10.7. The van der Waals surface area contributed by atoms with Crippen molar-refractivity contribution in [3.63, 3.8) is 0 Å². The molecule has 0 bridgehead atoms. The van der Waals surface area contributed by atoms with Gasteiger partial charge in [0.15, 0.2) is 11.4 Å². The summed E-state index contributed by atoms with van der Waals surface area (Å²) in [5.74, 6) is 4.73. The number of nitrogens with two attached hydrogens (primary N) is 1. The predicted octanol–water partition coefficient (Wildman–Crippen LogP) is 4.69. The number of carbonyl (C=O) groups excluding carboxylic acids is 1. The van der Waals surface area contributed by atoms with E-state index in [1.165, 1.54) is 30.5 Å². The van der Waals surface area contributed by atoms with Gasteiger partial charge in [-0.3, -0.25) is 10.1 Å². The summed E-state index contributed by atoms with van der Waals surface area (Å²) in [5.41, 5.74) is 9.66. The van der Waals surface area contributed by atoms with E-state index in [0.29, 0.717) is 27.4 Å². The number of hydrogen-bond acceptors (Lipinski definition) is 10. The van der Waals surface area contributed by atoms with Crippen LogP contribution in [0.1, 0.15) is 24.1 Å². The fourth-order valence-corrected chi connectivity index (χ4v) is 4.24. The largest absolute Gasteiger partial charge is 0.423 e. The fourth-order valence-electron chi connectivity index (χ4n) is 4.00. The molecule has 39 heavy (non-hydrogen) atoms. The number of carbonyl (C=O) groups is 1. The van der Waals surface area contributed by atoms with Gasteiger partial charge in [-0.05, 0) is 37.3 Å². The number of hydrogen-bond donors (Lipinski definition) is 5. The molecule has 2 aromatic carbocycles. The monoisotopic (exact) mass is 546 g/mol. The maximum absolute atomic E-state index is 13.6. The first-order valence-electron chi connectivity index (χ1n) is 11.4. The Kier molecular flexibility index (Phi) is 6.97. The molecule has 6 N–H and O–H groups in total. The van der Waals surface area contributed by atoms with Crippen molar-refractivity contribution >= 4 is 52.2 Å².